The van der Waals surface area contributed by atoms with E-state index in [1.54, 1.807) is 36.4 Å². The molecule has 0 aliphatic carbocycles. The van der Waals surface area contributed by atoms with Gasteiger partial charge in [0.05, 0.1) is 11.5 Å². The Balaban J connectivity index is 1.58. The monoisotopic (exact) mass is 408 g/mol. The van der Waals surface area contributed by atoms with E-state index in [4.69, 9.17) is 4.74 Å². The zero-order valence-electron chi connectivity index (χ0n) is 15.8. The summed E-state index contributed by atoms with van der Waals surface area (Å²) in [6.07, 6.45) is 5.14. The number of ether oxygens (including phenoxy) is 1. The highest BCUT2D eigenvalue weighted by atomic mass is 32.2. The minimum atomic E-state index is -0.473. The standard InChI is InChI=1S/C22H20N2O4S/c1-2-28-18-13-11-17(12-14-18)23-20(25)15-24-21(26)19(29-22(24)27)10-6-9-16-7-4-3-5-8-16/h3-14H,2,15H2,1H3,(H,23,25)/b9-6+,19-10-. The lowest BCUT2D eigenvalue weighted by Gasteiger charge is -2.12. The summed E-state index contributed by atoms with van der Waals surface area (Å²) >= 11 is 0.823. The van der Waals surface area contributed by atoms with E-state index < -0.39 is 17.1 Å². The molecular weight excluding hydrogens is 388 g/mol. The van der Waals surface area contributed by atoms with Crippen LogP contribution >= 0.6 is 11.8 Å². The fraction of sp³-hybridized carbons (Fsp3) is 0.136. The number of amides is 3. The van der Waals surface area contributed by atoms with Crippen LogP contribution in [0.2, 0.25) is 0 Å². The Labute approximate surface area is 173 Å². The van der Waals surface area contributed by atoms with Gasteiger partial charge in [-0.25, -0.2) is 0 Å². The molecule has 0 spiro atoms. The Morgan fingerprint density at radius 1 is 1.10 bits per heavy atom. The molecule has 7 heteroatoms. The molecule has 1 fully saturated rings. The van der Waals surface area contributed by atoms with E-state index in [2.05, 4.69) is 5.32 Å². The molecule has 1 saturated heterocycles. The SMILES string of the molecule is CCOc1ccc(NC(=O)CN2C(=O)S/C(=C\C=C\c3ccccc3)C2=O)cc1. The molecule has 29 heavy (non-hydrogen) atoms. The van der Waals surface area contributed by atoms with Crippen LogP contribution in [0.25, 0.3) is 6.08 Å². The van der Waals surface area contributed by atoms with Crippen LogP contribution in [0.3, 0.4) is 0 Å². The Hall–Kier alpha value is -3.32. The van der Waals surface area contributed by atoms with Gasteiger partial charge >= 0.3 is 0 Å². The molecule has 2 aromatic rings. The molecule has 1 aliphatic rings. The van der Waals surface area contributed by atoms with Gasteiger partial charge in [0.1, 0.15) is 12.3 Å². The highest BCUT2D eigenvalue weighted by molar-refractivity contribution is 8.18. The van der Waals surface area contributed by atoms with Crippen molar-refractivity contribution in [3.8, 4) is 5.75 Å². The van der Waals surface area contributed by atoms with E-state index in [0.29, 0.717) is 18.0 Å². The first-order chi connectivity index (χ1) is 14.1. The summed E-state index contributed by atoms with van der Waals surface area (Å²) in [5.74, 6) is -0.220. The van der Waals surface area contributed by atoms with Crippen molar-refractivity contribution in [3.05, 3.63) is 77.2 Å². The average Bonchev–Trinajstić information content (AvgIpc) is 2.98. The van der Waals surface area contributed by atoms with Crippen molar-refractivity contribution in [3.63, 3.8) is 0 Å². The molecule has 148 valence electrons. The van der Waals surface area contributed by atoms with Crippen LogP contribution in [-0.2, 0) is 9.59 Å². The van der Waals surface area contributed by atoms with Crippen LogP contribution in [-0.4, -0.2) is 35.1 Å². The van der Waals surface area contributed by atoms with Gasteiger partial charge in [0.25, 0.3) is 11.1 Å². The van der Waals surface area contributed by atoms with Gasteiger partial charge in [-0.2, -0.15) is 0 Å². The molecule has 0 radical (unpaired) electrons. The summed E-state index contributed by atoms with van der Waals surface area (Å²) in [5.41, 5.74) is 1.55. The van der Waals surface area contributed by atoms with Crippen molar-refractivity contribution < 1.29 is 19.1 Å². The molecule has 1 heterocycles. The van der Waals surface area contributed by atoms with Crippen LogP contribution in [0, 0.1) is 0 Å². The normalized spacial score (nSPS) is 15.3. The first-order valence-electron chi connectivity index (χ1n) is 9.06. The summed E-state index contributed by atoms with van der Waals surface area (Å²) in [6.45, 7) is 2.11. The summed E-state index contributed by atoms with van der Waals surface area (Å²) in [6, 6.07) is 16.5. The van der Waals surface area contributed by atoms with Crippen molar-refractivity contribution >= 4 is 40.6 Å². The molecule has 0 saturated carbocycles. The molecule has 0 atom stereocenters. The number of hydrogen-bond donors (Lipinski definition) is 1. The van der Waals surface area contributed by atoms with E-state index in [9.17, 15) is 14.4 Å². The predicted octanol–water partition coefficient (Wildman–Crippen LogP) is 4.32. The number of carbonyl (C=O) groups excluding carboxylic acids is 3. The lowest BCUT2D eigenvalue weighted by atomic mass is 10.2. The van der Waals surface area contributed by atoms with E-state index in [1.165, 1.54) is 0 Å². The van der Waals surface area contributed by atoms with Crippen molar-refractivity contribution in [1.29, 1.82) is 0 Å². The number of nitrogens with one attached hydrogen (secondary N) is 1. The van der Waals surface area contributed by atoms with Crippen LogP contribution in [0.4, 0.5) is 10.5 Å². The minimum Gasteiger partial charge on any atom is -0.494 e. The predicted molar refractivity (Wildman–Crippen MR) is 114 cm³/mol. The van der Waals surface area contributed by atoms with Crippen LogP contribution in [0.5, 0.6) is 5.75 Å². The molecule has 0 bridgehead atoms. The summed E-state index contributed by atoms with van der Waals surface area (Å²) in [5, 5.41) is 2.21. The molecule has 2 aromatic carbocycles. The second kappa shape index (κ2) is 9.75. The molecule has 0 unspecified atom stereocenters. The van der Waals surface area contributed by atoms with Crippen LogP contribution < -0.4 is 10.1 Å². The largest absolute Gasteiger partial charge is 0.494 e. The molecule has 1 aliphatic heterocycles. The van der Waals surface area contributed by atoms with Gasteiger partial charge in [-0.05, 0) is 54.6 Å². The lowest BCUT2D eigenvalue weighted by Crippen LogP contribution is -2.36. The van der Waals surface area contributed by atoms with Gasteiger partial charge in [-0.3, -0.25) is 19.3 Å². The lowest BCUT2D eigenvalue weighted by molar-refractivity contribution is -0.127. The maximum atomic E-state index is 12.4. The molecule has 0 aromatic heterocycles. The smallest absolute Gasteiger partial charge is 0.294 e. The zero-order chi connectivity index (χ0) is 20.6. The number of benzene rings is 2. The van der Waals surface area contributed by atoms with Crippen LogP contribution in [0.1, 0.15) is 12.5 Å². The van der Waals surface area contributed by atoms with E-state index in [1.807, 2.05) is 43.3 Å². The highest BCUT2D eigenvalue weighted by Gasteiger charge is 2.35. The fourth-order valence-electron chi connectivity index (χ4n) is 2.61. The fourth-order valence-corrected chi connectivity index (χ4v) is 3.40. The number of nitrogens with zero attached hydrogens (tertiary/aromatic N) is 1. The zero-order valence-corrected chi connectivity index (χ0v) is 16.6. The van der Waals surface area contributed by atoms with Crippen molar-refractivity contribution in [1.82, 2.24) is 4.90 Å². The van der Waals surface area contributed by atoms with Crippen molar-refractivity contribution in [2.45, 2.75) is 6.92 Å². The number of carbonyl (C=O) groups is 3. The second-order valence-electron chi connectivity index (χ2n) is 6.07. The Bertz CT molecular complexity index is 953. The number of allylic oxidation sites excluding steroid dienone is 2. The van der Waals surface area contributed by atoms with E-state index >= 15 is 0 Å². The number of thioether (sulfide) groups is 1. The first kappa shape index (κ1) is 20.4. The third-order valence-electron chi connectivity index (χ3n) is 3.96. The van der Waals surface area contributed by atoms with Gasteiger partial charge in [-0.1, -0.05) is 42.5 Å². The molecule has 3 amide bonds. The third kappa shape index (κ3) is 5.58. The van der Waals surface area contributed by atoms with Crippen molar-refractivity contribution in [2.24, 2.45) is 0 Å². The second-order valence-corrected chi connectivity index (χ2v) is 7.06. The Morgan fingerprint density at radius 2 is 1.83 bits per heavy atom. The topological polar surface area (TPSA) is 75.7 Å². The first-order valence-corrected chi connectivity index (χ1v) is 9.88. The van der Waals surface area contributed by atoms with Gasteiger partial charge in [0, 0.05) is 5.69 Å². The highest BCUT2D eigenvalue weighted by Crippen LogP contribution is 2.30. The van der Waals surface area contributed by atoms with Gasteiger partial charge in [0.2, 0.25) is 5.91 Å². The van der Waals surface area contributed by atoms with Gasteiger partial charge < -0.3 is 10.1 Å². The van der Waals surface area contributed by atoms with Gasteiger partial charge in [0.15, 0.2) is 0 Å². The van der Waals surface area contributed by atoms with E-state index in [0.717, 1.165) is 22.2 Å². The summed E-state index contributed by atoms with van der Waals surface area (Å²) in [7, 11) is 0. The number of hydrogen-bond acceptors (Lipinski definition) is 5. The Morgan fingerprint density at radius 3 is 2.52 bits per heavy atom. The van der Waals surface area contributed by atoms with E-state index in [-0.39, 0.29) is 11.4 Å². The number of imide groups is 1. The number of anilines is 1. The quantitative estimate of drug-likeness (QED) is 0.691. The minimum absolute atomic E-state index is 0.288. The summed E-state index contributed by atoms with van der Waals surface area (Å²) < 4.78 is 5.35. The average molecular weight is 408 g/mol. The maximum Gasteiger partial charge on any atom is 0.294 e. The van der Waals surface area contributed by atoms with Gasteiger partial charge in [-0.15, -0.1) is 0 Å². The Kier molecular flexibility index (Phi) is 6.86. The molecule has 1 N–H and O–H groups in total. The van der Waals surface area contributed by atoms with Crippen LogP contribution in [0.15, 0.2) is 71.7 Å². The molecule has 3 rings (SSSR count). The molecular formula is C22H20N2O4S. The van der Waals surface area contributed by atoms with Crippen molar-refractivity contribution in [2.75, 3.05) is 18.5 Å². The molecule has 6 nitrogen and oxygen atoms in total. The summed E-state index contributed by atoms with van der Waals surface area (Å²) in [4.78, 5) is 38.1. The number of rotatable bonds is 7. The third-order valence-corrected chi connectivity index (χ3v) is 4.89. The maximum absolute atomic E-state index is 12.4.